The number of carbonyl (C=O) groups is 3. The van der Waals surface area contributed by atoms with Gasteiger partial charge in [-0.05, 0) is 49.2 Å². The number of aromatic nitrogens is 5. The van der Waals surface area contributed by atoms with Gasteiger partial charge in [-0.3, -0.25) is 18.8 Å². The van der Waals surface area contributed by atoms with Crippen molar-refractivity contribution in [3.8, 4) is 0 Å². The predicted molar refractivity (Wildman–Crippen MR) is 167 cm³/mol. The summed E-state index contributed by atoms with van der Waals surface area (Å²) in [5.74, 6) is 0.110. The highest BCUT2D eigenvalue weighted by Crippen LogP contribution is 2.24. The number of piperidine rings is 1. The molecule has 7 rings (SSSR count). The molecule has 14 nitrogen and oxygen atoms in total. The first-order valence-electron chi connectivity index (χ1n) is 14.9. The van der Waals surface area contributed by atoms with Crippen LogP contribution in [0.1, 0.15) is 44.2 Å². The largest absolute Gasteiger partial charge is 0.378 e. The number of amides is 3. The normalized spacial score (nSPS) is 17.0. The number of para-hydroxylation sites is 1. The summed E-state index contributed by atoms with van der Waals surface area (Å²) >= 11 is 0. The summed E-state index contributed by atoms with van der Waals surface area (Å²) in [4.78, 5) is 58.6. The fourth-order valence-electron chi connectivity index (χ4n) is 5.73. The van der Waals surface area contributed by atoms with Gasteiger partial charge in [0.2, 0.25) is 17.7 Å². The number of imidazole rings is 1. The molecule has 0 saturated carbocycles. The van der Waals surface area contributed by atoms with Crippen LogP contribution in [0.5, 0.6) is 0 Å². The Morgan fingerprint density at radius 3 is 2.56 bits per heavy atom. The third-order valence-corrected chi connectivity index (χ3v) is 8.07. The van der Waals surface area contributed by atoms with Crippen molar-refractivity contribution in [2.45, 2.75) is 18.9 Å². The molecule has 5 aromatic rings. The van der Waals surface area contributed by atoms with E-state index in [4.69, 9.17) is 15.5 Å². The molecule has 1 unspecified atom stereocenters. The number of ether oxygens (including phenoxy) is 1. The zero-order chi connectivity index (χ0) is 30.9. The number of hydrogen-bond acceptors (Lipinski definition) is 9. The lowest BCUT2D eigenvalue weighted by Gasteiger charge is -2.33. The monoisotopic (exact) mass is 608 g/mol. The summed E-state index contributed by atoms with van der Waals surface area (Å²) < 4.78 is 6.92. The lowest BCUT2D eigenvalue weighted by atomic mass is 10.1. The molecule has 2 aromatic carbocycles. The van der Waals surface area contributed by atoms with Crippen LogP contribution in [-0.2, 0) is 4.74 Å². The van der Waals surface area contributed by atoms with E-state index in [0.717, 1.165) is 23.7 Å². The highest BCUT2D eigenvalue weighted by atomic mass is 16.5. The van der Waals surface area contributed by atoms with Gasteiger partial charge in [0.25, 0.3) is 17.7 Å². The van der Waals surface area contributed by atoms with E-state index in [1.54, 1.807) is 33.6 Å². The molecule has 2 aliphatic heterocycles. The summed E-state index contributed by atoms with van der Waals surface area (Å²) in [6.45, 7) is 3.36. The Kier molecular flexibility index (Phi) is 7.47. The molecule has 5 heterocycles. The standard InChI is InChI=1S/C31H32N10O4/c32-26(42)25-18-41-30(34-21-9-7-19(8-10-21)28(44)39-12-14-45-15-13-39)37-29(38-31(41)36-25)40-11-3-5-22(17-40)33-27(43)24-16-20-4-1-2-6-23(20)35-24/h1-2,4,6-10,16,18,22,35H,3,5,11-15,17H2,(H2,32,42)(H,33,43)(H,34,36,37,38). The van der Waals surface area contributed by atoms with E-state index >= 15 is 0 Å². The van der Waals surface area contributed by atoms with E-state index in [1.807, 2.05) is 35.2 Å². The van der Waals surface area contributed by atoms with Gasteiger partial charge in [-0.15, -0.1) is 0 Å². The number of hydrogen-bond donors (Lipinski definition) is 4. The van der Waals surface area contributed by atoms with Crippen LogP contribution in [0.2, 0.25) is 0 Å². The molecule has 0 bridgehead atoms. The van der Waals surface area contributed by atoms with E-state index in [2.05, 4.69) is 25.6 Å². The van der Waals surface area contributed by atoms with Crippen molar-refractivity contribution < 1.29 is 19.1 Å². The van der Waals surface area contributed by atoms with Crippen molar-refractivity contribution in [2.75, 3.05) is 49.6 Å². The van der Waals surface area contributed by atoms with Crippen molar-refractivity contribution in [1.29, 1.82) is 0 Å². The molecule has 2 saturated heterocycles. The number of nitrogens with two attached hydrogens (primary N) is 1. The van der Waals surface area contributed by atoms with Gasteiger partial charge >= 0.3 is 0 Å². The topological polar surface area (TPSA) is 176 Å². The summed E-state index contributed by atoms with van der Waals surface area (Å²) in [5.41, 5.74) is 8.24. The number of H-pyrrole nitrogens is 1. The molecular weight excluding hydrogens is 576 g/mol. The first kappa shape index (κ1) is 28.3. The minimum Gasteiger partial charge on any atom is -0.378 e. The van der Waals surface area contributed by atoms with Crippen molar-refractivity contribution in [3.63, 3.8) is 0 Å². The molecule has 2 fully saturated rings. The molecule has 0 radical (unpaired) electrons. The molecule has 45 heavy (non-hydrogen) atoms. The van der Waals surface area contributed by atoms with Crippen LogP contribution in [0.3, 0.4) is 0 Å². The number of anilines is 3. The molecule has 3 aromatic heterocycles. The van der Waals surface area contributed by atoms with Crippen LogP contribution >= 0.6 is 0 Å². The average Bonchev–Trinajstić information content (AvgIpc) is 3.71. The van der Waals surface area contributed by atoms with Gasteiger partial charge in [-0.1, -0.05) is 18.2 Å². The third kappa shape index (κ3) is 5.87. The molecule has 0 aliphatic carbocycles. The second-order valence-corrected chi connectivity index (χ2v) is 11.1. The highest BCUT2D eigenvalue weighted by Gasteiger charge is 2.26. The number of carbonyl (C=O) groups excluding carboxylic acids is 3. The van der Waals surface area contributed by atoms with Crippen LogP contribution in [0.15, 0.2) is 60.8 Å². The minimum absolute atomic E-state index is 0.0476. The molecule has 1 atom stereocenters. The maximum atomic E-state index is 13.1. The predicted octanol–water partition coefficient (Wildman–Crippen LogP) is 2.32. The number of fused-ring (bicyclic) bond motifs is 2. The Labute approximate surface area is 257 Å². The van der Waals surface area contributed by atoms with Gasteiger partial charge in [0.1, 0.15) is 11.4 Å². The number of primary amides is 1. The highest BCUT2D eigenvalue weighted by molar-refractivity contribution is 5.98. The lowest BCUT2D eigenvalue weighted by molar-refractivity contribution is 0.0303. The molecule has 0 spiro atoms. The number of morpholine rings is 1. The molecule has 5 N–H and O–H groups in total. The SMILES string of the molecule is NC(=O)c1cn2c(Nc3ccc(C(=O)N4CCOCC4)cc3)nc(N3CCCC(NC(=O)c4cc5ccccc5[nH]4)C3)nc2n1. The Morgan fingerprint density at radius 2 is 1.78 bits per heavy atom. The number of benzene rings is 2. The van der Waals surface area contributed by atoms with Crippen LogP contribution in [0.4, 0.5) is 17.6 Å². The van der Waals surface area contributed by atoms with E-state index in [0.29, 0.717) is 68.2 Å². The van der Waals surface area contributed by atoms with Gasteiger partial charge in [-0.2, -0.15) is 9.97 Å². The molecule has 14 heteroatoms. The van der Waals surface area contributed by atoms with Crippen molar-refractivity contribution in [2.24, 2.45) is 5.73 Å². The third-order valence-electron chi connectivity index (χ3n) is 8.07. The average molecular weight is 609 g/mol. The maximum Gasteiger partial charge on any atom is 0.268 e. The zero-order valence-electron chi connectivity index (χ0n) is 24.4. The lowest BCUT2D eigenvalue weighted by Crippen LogP contribution is -2.48. The van der Waals surface area contributed by atoms with E-state index in [1.165, 1.54) is 6.20 Å². The first-order chi connectivity index (χ1) is 21.9. The van der Waals surface area contributed by atoms with Gasteiger partial charge in [0.05, 0.1) is 13.2 Å². The summed E-state index contributed by atoms with van der Waals surface area (Å²) in [5, 5.41) is 7.39. The zero-order valence-corrected chi connectivity index (χ0v) is 24.4. The maximum absolute atomic E-state index is 13.1. The fraction of sp³-hybridized carbons (Fsp3) is 0.290. The second kappa shape index (κ2) is 11.9. The van der Waals surface area contributed by atoms with Crippen molar-refractivity contribution in [1.82, 2.24) is 34.6 Å². The van der Waals surface area contributed by atoms with Crippen LogP contribution in [0.25, 0.3) is 16.7 Å². The number of nitrogens with zero attached hydrogens (tertiary/aromatic N) is 6. The molecular formula is C31H32N10O4. The van der Waals surface area contributed by atoms with E-state index in [9.17, 15) is 14.4 Å². The summed E-state index contributed by atoms with van der Waals surface area (Å²) in [6, 6.07) is 16.6. The van der Waals surface area contributed by atoms with Gasteiger partial charge in [-0.25, -0.2) is 4.98 Å². The Morgan fingerprint density at radius 1 is 0.978 bits per heavy atom. The quantitative estimate of drug-likeness (QED) is 0.216. The Bertz CT molecular complexity index is 1860. The summed E-state index contributed by atoms with van der Waals surface area (Å²) in [6.07, 6.45) is 3.11. The molecule has 3 amide bonds. The van der Waals surface area contributed by atoms with E-state index < -0.39 is 5.91 Å². The number of aromatic amines is 1. The smallest absolute Gasteiger partial charge is 0.268 e. The van der Waals surface area contributed by atoms with Crippen molar-refractivity contribution in [3.05, 3.63) is 77.7 Å². The van der Waals surface area contributed by atoms with Crippen LogP contribution in [-0.4, -0.2) is 92.4 Å². The van der Waals surface area contributed by atoms with Gasteiger partial charge in [0.15, 0.2) is 0 Å². The first-order valence-corrected chi connectivity index (χ1v) is 14.9. The molecule has 230 valence electrons. The fourth-order valence-corrected chi connectivity index (χ4v) is 5.73. The van der Waals surface area contributed by atoms with E-state index in [-0.39, 0.29) is 29.3 Å². The molecule has 2 aliphatic rings. The Hall–Kier alpha value is -5.50. The minimum atomic E-state index is -0.684. The number of rotatable bonds is 7. The van der Waals surface area contributed by atoms with Gasteiger partial charge < -0.3 is 35.9 Å². The second-order valence-electron chi connectivity index (χ2n) is 11.1. The number of nitrogens with one attached hydrogen (secondary N) is 3. The van der Waals surface area contributed by atoms with Crippen LogP contribution < -0.4 is 21.3 Å². The van der Waals surface area contributed by atoms with Gasteiger partial charge in [0, 0.05) is 60.6 Å². The van der Waals surface area contributed by atoms with Crippen LogP contribution in [0, 0.1) is 0 Å². The summed E-state index contributed by atoms with van der Waals surface area (Å²) in [7, 11) is 0. The van der Waals surface area contributed by atoms with Crippen molar-refractivity contribution >= 4 is 52.0 Å². The Balaban J connectivity index is 1.11.